The molecule has 0 saturated heterocycles. The van der Waals surface area contributed by atoms with Crippen LogP contribution < -0.4 is 15.4 Å². The highest BCUT2D eigenvalue weighted by molar-refractivity contribution is 6.31. The Hall–Kier alpha value is -4.17. The van der Waals surface area contributed by atoms with E-state index in [9.17, 15) is 4.79 Å². The van der Waals surface area contributed by atoms with Gasteiger partial charge in [-0.25, -0.2) is 4.68 Å². The van der Waals surface area contributed by atoms with E-state index in [0.717, 1.165) is 16.9 Å². The Labute approximate surface area is 207 Å². The van der Waals surface area contributed by atoms with Gasteiger partial charge in [0.25, 0.3) is 5.91 Å². The molecule has 1 amide bonds. The van der Waals surface area contributed by atoms with E-state index >= 15 is 0 Å². The summed E-state index contributed by atoms with van der Waals surface area (Å²) in [5, 5.41) is 11.5. The van der Waals surface area contributed by atoms with Crippen molar-refractivity contribution in [1.29, 1.82) is 0 Å². The van der Waals surface area contributed by atoms with Gasteiger partial charge in [-0.15, -0.1) is 5.10 Å². The van der Waals surface area contributed by atoms with Crippen molar-refractivity contribution in [3.05, 3.63) is 94.9 Å². The lowest BCUT2D eigenvalue weighted by atomic mass is 9.95. The van der Waals surface area contributed by atoms with Gasteiger partial charge in [0.1, 0.15) is 11.8 Å². The normalized spacial score (nSPS) is 14.8. The van der Waals surface area contributed by atoms with Gasteiger partial charge in [0.2, 0.25) is 5.95 Å². The van der Waals surface area contributed by atoms with E-state index in [2.05, 4.69) is 15.6 Å². The van der Waals surface area contributed by atoms with E-state index < -0.39 is 6.04 Å². The van der Waals surface area contributed by atoms with E-state index in [4.69, 9.17) is 26.4 Å². The van der Waals surface area contributed by atoms with Gasteiger partial charge in [0.05, 0.1) is 24.1 Å². The molecule has 0 bridgehead atoms. The number of fused-ring (bicyclic) bond motifs is 1. The predicted molar refractivity (Wildman–Crippen MR) is 135 cm³/mol. The molecule has 2 aromatic heterocycles. The van der Waals surface area contributed by atoms with Crippen LogP contribution in [0, 0.1) is 0 Å². The molecule has 3 heterocycles. The summed E-state index contributed by atoms with van der Waals surface area (Å²) >= 11 is 6.61. The molecule has 0 saturated carbocycles. The van der Waals surface area contributed by atoms with E-state index in [1.807, 2.05) is 56.3 Å². The fourth-order valence-corrected chi connectivity index (χ4v) is 4.29. The first kappa shape index (κ1) is 22.6. The summed E-state index contributed by atoms with van der Waals surface area (Å²) in [4.78, 5) is 22.3. The number of rotatable bonds is 6. The second kappa shape index (κ2) is 9.60. The molecule has 1 aliphatic heterocycles. The third-order valence-electron chi connectivity index (χ3n) is 5.64. The van der Waals surface area contributed by atoms with Crippen LogP contribution in [0.25, 0.3) is 11.4 Å². The smallest absolute Gasteiger partial charge is 0.255 e. The average molecular weight is 487 g/mol. The molecule has 8 nitrogen and oxygen atoms in total. The molecule has 1 aliphatic rings. The molecule has 5 rings (SSSR count). The number of ether oxygens (including phenoxy) is 1. The number of aromatic nitrogens is 4. The van der Waals surface area contributed by atoms with E-state index in [-0.39, 0.29) is 5.91 Å². The van der Waals surface area contributed by atoms with Crippen molar-refractivity contribution in [2.45, 2.75) is 19.9 Å². The highest BCUT2D eigenvalue weighted by atomic mass is 35.5. The highest BCUT2D eigenvalue weighted by Gasteiger charge is 2.35. The Kier molecular flexibility index (Phi) is 6.20. The zero-order chi connectivity index (χ0) is 24.4. The standard InChI is InChI=1S/C26H23ClN6O2/c1-3-35-19-12-10-17(11-13-19)24-31-26-29-16(2)22(25(34)30-18-7-6-14-28-15-18)23(33(26)32-24)20-8-4-5-9-21(20)27/h4-15,23H,3H2,1-2H3,(H,30,34)(H,29,31,32)/t23-/m0/s1. The quantitative estimate of drug-likeness (QED) is 0.383. The Morgan fingerprint density at radius 2 is 1.94 bits per heavy atom. The molecular formula is C26H23ClN6O2. The van der Waals surface area contributed by atoms with Crippen molar-refractivity contribution in [2.24, 2.45) is 0 Å². The Bertz CT molecular complexity index is 1400. The minimum absolute atomic E-state index is 0.281. The van der Waals surface area contributed by atoms with Gasteiger partial charge in [0.15, 0.2) is 5.82 Å². The minimum Gasteiger partial charge on any atom is -0.494 e. The number of benzene rings is 2. The number of hydrogen-bond donors (Lipinski definition) is 2. The molecule has 1 atom stereocenters. The molecule has 4 aromatic rings. The number of nitrogens with zero attached hydrogens (tertiary/aromatic N) is 4. The van der Waals surface area contributed by atoms with Gasteiger partial charge < -0.3 is 15.4 Å². The molecular weight excluding hydrogens is 464 g/mol. The number of halogens is 1. The zero-order valence-corrected chi connectivity index (χ0v) is 20.0. The van der Waals surface area contributed by atoms with E-state index in [1.165, 1.54) is 0 Å². The van der Waals surface area contributed by atoms with Crippen molar-refractivity contribution >= 4 is 29.1 Å². The first-order valence-corrected chi connectivity index (χ1v) is 11.6. The summed E-state index contributed by atoms with van der Waals surface area (Å²) in [6.07, 6.45) is 3.25. The number of carbonyl (C=O) groups is 1. The summed E-state index contributed by atoms with van der Waals surface area (Å²) in [6.45, 7) is 4.38. The van der Waals surface area contributed by atoms with Crippen LogP contribution in [-0.2, 0) is 4.79 Å². The lowest BCUT2D eigenvalue weighted by Gasteiger charge is -2.29. The summed E-state index contributed by atoms with van der Waals surface area (Å²) in [5.74, 6) is 1.54. The van der Waals surface area contributed by atoms with Crippen molar-refractivity contribution in [3.8, 4) is 17.1 Å². The number of carbonyl (C=O) groups excluding carboxylic acids is 1. The number of amides is 1. The van der Waals surface area contributed by atoms with Crippen molar-refractivity contribution in [2.75, 3.05) is 17.2 Å². The maximum atomic E-state index is 13.5. The second-order valence-corrected chi connectivity index (χ2v) is 8.35. The SMILES string of the molecule is CCOc1ccc(-c2nc3n(n2)[C@@H](c2ccccc2Cl)C(C(=O)Nc2cccnc2)=C(C)N3)cc1. The average Bonchev–Trinajstić information content (AvgIpc) is 3.28. The van der Waals surface area contributed by atoms with Gasteiger partial charge in [-0.3, -0.25) is 9.78 Å². The molecule has 0 spiro atoms. The Morgan fingerprint density at radius 1 is 1.14 bits per heavy atom. The van der Waals surface area contributed by atoms with Crippen LogP contribution in [0.1, 0.15) is 25.5 Å². The zero-order valence-electron chi connectivity index (χ0n) is 19.2. The Balaban J connectivity index is 1.58. The third-order valence-corrected chi connectivity index (χ3v) is 5.98. The second-order valence-electron chi connectivity index (χ2n) is 7.94. The minimum atomic E-state index is -0.583. The number of anilines is 2. The molecule has 0 unspecified atom stereocenters. The summed E-state index contributed by atoms with van der Waals surface area (Å²) in [5.41, 5.74) is 3.31. The molecule has 176 valence electrons. The number of hydrogen-bond acceptors (Lipinski definition) is 6. The predicted octanol–water partition coefficient (Wildman–Crippen LogP) is 5.32. The van der Waals surface area contributed by atoms with Gasteiger partial charge in [-0.1, -0.05) is 29.8 Å². The van der Waals surface area contributed by atoms with Crippen LogP contribution in [-0.4, -0.2) is 32.3 Å². The monoisotopic (exact) mass is 486 g/mol. The summed E-state index contributed by atoms with van der Waals surface area (Å²) in [6, 6.07) is 18.0. The molecule has 9 heteroatoms. The lowest BCUT2D eigenvalue weighted by Crippen LogP contribution is -2.31. The molecule has 0 aliphatic carbocycles. The van der Waals surface area contributed by atoms with Crippen LogP contribution in [0.4, 0.5) is 11.6 Å². The van der Waals surface area contributed by atoms with Crippen LogP contribution in [0.2, 0.25) is 5.02 Å². The van der Waals surface area contributed by atoms with Gasteiger partial charge in [-0.05, 0) is 56.3 Å². The summed E-state index contributed by atoms with van der Waals surface area (Å²) in [7, 11) is 0. The third kappa shape index (κ3) is 4.48. The van der Waals surface area contributed by atoms with Gasteiger partial charge >= 0.3 is 0 Å². The van der Waals surface area contributed by atoms with Gasteiger partial charge in [-0.2, -0.15) is 4.98 Å². The maximum Gasteiger partial charge on any atom is 0.255 e. The first-order chi connectivity index (χ1) is 17.0. The molecule has 0 fully saturated rings. The topological polar surface area (TPSA) is 94.0 Å². The van der Waals surface area contributed by atoms with Crippen molar-refractivity contribution < 1.29 is 9.53 Å². The van der Waals surface area contributed by atoms with Crippen LogP contribution in [0.3, 0.4) is 0 Å². The van der Waals surface area contributed by atoms with Crippen LogP contribution in [0.5, 0.6) is 5.75 Å². The highest BCUT2D eigenvalue weighted by Crippen LogP contribution is 2.39. The van der Waals surface area contributed by atoms with Gasteiger partial charge in [0, 0.05) is 28.0 Å². The van der Waals surface area contributed by atoms with Crippen molar-refractivity contribution in [3.63, 3.8) is 0 Å². The Morgan fingerprint density at radius 3 is 2.66 bits per heavy atom. The van der Waals surface area contributed by atoms with Crippen molar-refractivity contribution in [1.82, 2.24) is 19.7 Å². The van der Waals surface area contributed by atoms with E-state index in [1.54, 1.807) is 35.3 Å². The number of pyridine rings is 1. The maximum absolute atomic E-state index is 13.5. The fourth-order valence-electron chi connectivity index (χ4n) is 4.05. The molecule has 35 heavy (non-hydrogen) atoms. The van der Waals surface area contributed by atoms with Crippen LogP contribution >= 0.6 is 11.6 Å². The molecule has 2 aromatic carbocycles. The fraction of sp³-hybridized carbons (Fsp3) is 0.154. The number of nitrogens with one attached hydrogen (secondary N) is 2. The molecule has 2 N–H and O–H groups in total. The van der Waals surface area contributed by atoms with Crippen LogP contribution in [0.15, 0.2) is 84.3 Å². The number of allylic oxidation sites excluding steroid dienone is 1. The molecule has 0 radical (unpaired) electrons. The van der Waals surface area contributed by atoms with E-state index in [0.29, 0.717) is 40.4 Å². The summed E-state index contributed by atoms with van der Waals surface area (Å²) < 4.78 is 7.25. The largest absolute Gasteiger partial charge is 0.494 e. The lowest BCUT2D eigenvalue weighted by molar-refractivity contribution is -0.113. The first-order valence-electron chi connectivity index (χ1n) is 11.2.